The lowest BCUT2D eigenvalue weighted by molar-refractivity contribution is -0.155. The molecule has 1 aromatic carbocycles. The number of anilines is 1. The van der Waals surface area contributed by atoms with E-state index in [0.29, 0.717) is 55.8 Å². The summed E-state index contributed by atoms with van der Waals surface area (Å²) in [4.78, 5) is 44.7. The van der Waals surface area contributed by atoms with Gasteiger partial charge in [-0.05, 0) is 69.2 Å². The van der Waals surface area contributed by atoms with Crippen LogP contribution in [0.4, 0.5) is 5.69 Å². The van der Waals surface area contributed by atoms with Gasteiger partial charge in [0, 0.05) is 30.4 Å². The maximum Gasteiger partial charge on any atom is 0.312 e. The molecule has 1 aromatic rings. The van der Waals surface area contributed by atoms with Crippen LogP contribution < -0.4 is 4.90 Å². The van der Waals surface area contributed by atoms with E-state index in [1.807, 2.05) is 0 Å². The molecular formula is C29H37ClN2O6. The Labute approximate surface area is 229 Å². The number of esters is 1. The Bertz CT molecular complexity index is 1050. The first kappa shape index (κ1) is 28.3. The summed E-state index contributed by atoms with van der Waals surface area (Å²) in [7, 11) is 0. The summed E-state index contributed by atoms with van der Waals surface area (Å²) >= 11 is 6.08. The van der Waals surface area contributed by atoms with E-state index in [0.717, 1.165) is 6.42 Å². The number of ether oxygens (including phenoxy) is 2. The van der Waals surface area contributed by atoms with Gasteiger partial charge >= 0.3 is 5.97 Å². The van der Waals surface area contributed by atoms with Crippen molar-refractivity contribution in [1.82, 2.24) is 4.90 Å². The predicted octanol–water partition coefficient (Wildman–Crippen LogP) is 3.91. The fraction of sp³-hybridized carbons (Fsp3) is 0.552. The summed E-state index contributed by atoms with van der Waals surface area (Å²) in [5.74, 6) is -2.45. The zero-order chi connectivity index (χ0) is 27.3. The molecule has 206 valence electrons. The number of fused-ring (bicyclic) bond motifs is 1. The SMILES string of the molecule is C=CCCCOC(=O)[C@@H]1[C@H]2C(=O)N(CCCCCO)C(C(=O)N(CC=C)c3ccc(Cl)cc3)C23CC[C@H]1O3. The van der Waals surface area contributed by atoms with Crippen LogP contribution in [0.1, 0.15) is 44.9 Å². The van der Waals surface area contributed by atoms with Crippen LogP contribution in [0.25, 0.3) is 0 Å². The second-order valence-electron chi connectivity index (χ2n) is 10.2. The lowest BCUT2D eigenvalue weighted by Gasteiger charge is -2.36. The summed E-state index contributed by atoms with van der Waals surface area (Å²) in [5.41, 5.74) is -0.454. The van der Waals surface area contributed by atoms with Gasteiger partial charge < -0.3 is 24.4 Å². The molecule has 1 N–H and O–H groups in total. The van der Waals surface area contributed by atoms with E-state index in [1.165, 1.54) is 0 Å². The first-order chi connectivity index (χ1) is 18.4. The third kappa shape index (κ3) is 5.26. The van der Waals surface area contributed by atoms with E-state index >= 15 is 0 Å². The van der Waals surface area contributed by atoms with Crippen molar-refractivity contribution >= 4 is 35.1 Å². The molecule has 38 heavy (non-hydrogen) atoms. The molecule has 2 bridgehead atoms. The fourth-order valence-corrected chi connectivity index (χ4v) is 6.35. The van der Waals surface area contributed by atoms with Gasteiger partial charge in [-0.15, -0.1) is 13.2 Å². The van der Waals surface area contributed by atoms with Gasteiger partial charge in [-0.1, -0.05) is 23.8 Å². The number of halogens is 1. The molecule has 2 unspecified atom stereocenters. The average Bonchev–Trinajstić information content (AvgIpc) is 3.55. The molecule has 8 nitrogen and oxygen atoms in total. The molecule has 4 rings (SSSR count). The first-order valence-electron chi connectivity index (χ1n) is 13.4. The minimum absolute atomic E-state index is 0.0666. The summed E-state index contributed by atoms with van der Waals surface area (Å²) in [6.45, 7) is 8.40. The summed E-state index contributed by atoms with van der Waals surface area (Å²) in [5, 5.41) is 9.76. The van der Waals surface area contributed by atoms with Crippen LogP contribution in [0, 0.1) is 11.8 Å². The molecule has 9 heteroatoms. The highest BCUT2D eigenvalue weighted by atomic mass is 35.5. The normalized spacial score (nSPS) is 27.3. The van der Waals surface area contributed by atoms with Crippen molar-refractivity contribution in [1.29, 1.82) is 0 Å². The minimum Gasteiger partial charge on any atom is -0.465 e. The van der Waals surface area contributed by atoms with Gasteiger partial charge in [-0.25, -0.2) is 0 Å². The predicted molar refractivity (Wildman–Crippen MR) is 145 cm³/mol. The van der Waals surface area contributed by atoms with Crippen molar-refractivity contribution < 1.29 is 29.0 Å². The number of carbonyl (C=O) groups is 3. The molecular weight excluding hydrogens is 508 g/mol. The van der Waals surface area contributed by atoms with Crippen LogP contribution in [-0.4, -0.2) is 71.8 Å². The van der Waals surface area contributed by atoms with Gasteiger partial charge in [0.05, 0.1) is 24.5 Å². The van der Waals surface area contributed by atoms with E-state index in [9.17, 15) is 19.5 Å². The van der Waals surface area contributed by atoms with Gasteiger partial charge in [-0.2, -0.15) is 0 Å². The monoisotopic (exact) mass is 544 g/mol. The van der Waals surface area contributed by atoms with E-state index in [4.69, 9.17) is 21.1 Å². The zero-order valence-corrected chi connectivity index (χ0v) is 22.5. The molecule has 0 aliphatic carbocycles. The van der Waals surface area contributed by atoms with Crippen LogP contribution in [0.15, 0.2) is 49.6 Å². The molecule has 0 aromatic heterocycles. The number of likely N-dealkylation sites (tertiary alicyclic amines) is 1. The maximum absolute atomic E-state index is 14.3. The Morgan fingerprint density at radius 2 is 1.95 bits per heavy atom. The number of carbonyl (C=O) groups excluding carboxylic acids is 3. The Morgan fingerprint density at radius 3 is 2.63 bits per heavy atom. The number of rotatable bonds is 14. The molecule has 3 fully saturated rings. The van der Waals surface area contributed by atoms with E-state index in [-0.39, 0.29) is 31.6 Å². The fourth-order valence-electron chi connectivity index (χ4n) is 6.23. The van der Waals surface area contributed by atoms with Crippen LogP contribution in [-0.2, 0) is 23.9 Å². The van der Waals surface area contributed by atoms with E-state index in [2.05, 4.69) is 13.2 Å². The molecule has 3 saturated heterocycles. The Balaban J connectivity index is 1.66. The summed E-state index contributed by atoms with van der Waals surface area (Å²) in [6, 6.07) is 6.07. The zero-order valence-electron chi connectivity index (χ0n) is 21.7. The van der Waals surface area contributed by atoms with Gasteiger partial charge in [-0.3, -0.25) is 14.4 Å². The number of aliphatic hydroxyl groups excluding tert-OH is 1. The number of hydrogen-bond donors (Lipinski definition) is 1. The third-order valence-electron chi connectivity index (χ3n) is 7.88. The highest BCUT2D eigenvalue weighted by molar-refractivity contribution is 6.30. The van der Waals surface area contributed by atoms with Gasteiger partial charge in [0.15, 0.2) is 0 Å². The molecule has 5 atom stereocenters. The molecule has 3 aliphatic rings. The Kier molecular flexibility index (Phi) is 9.28. The van der Waals surface area contributed by atoms with Crippen molar-refractivity contribution in [3.05, 3.63) is 54.6 Å². The second-order valence-corrected chi connectivity index (χ2v) is 10.6. The summed E-state index contributed by atoms with van der Waals surface area (Å²) < 4.78 is 12.0. The number of amides is 2. The lowest BCUT2D eigenvalue weighted by atomic mass is 9.70. The molecule has 1 spiro atoms. The van der Waals surface area contributed by atoms with E-state index in [1.54, 1.807) is 46.2 Å². The Morgan fingerprint density at radius 1 is 1.18 bits per heavy atom. The van der Waals surface area contributed by atoms with Crippen molar-refractivity contribution in [2.24, 2.45) is 11.8 Å². The van der Waals surface area contributed by atoms with Crippen molar-refractivity contribution in [3.63, 3.8) is 0 Å². The first-order valence-corrected chi connectivity index (χ1v) is 13.8. The average molecular weight is 545 g/mol. The van der Waals surface area contributed by atoms with Crippen LogP contribution in [0.3, 0.4) is 0 Å². The van der Waals surface area contributed by atoms with Crippen molar-refractivity contribution in [3.8, 4) is 0 Å². The lowest BCUT2D eigenvalue weighted by Crippen LogP contribution is -2.56. The largest absolute Gasteiger partial charge is 0.465 e. The van der Waals surface area contributed by atoms with Gasteiger partial charge in [0.1, 0.15) is 11.6 Å². The Hall–Kier alpha value is -2.68. The second kappa shape index (κ2) is 12.5. The molecule has 0 radical (unpaired) electrons. The summed E-state index contributed by atoms with van der Waals surface area (Å²) in [6.07, 6.45) is 7.39. The minimum atomic E-state index is -1.09. The van der Waals surface area contributed by atoms with Crippen LogP contribution >= 0.6 is 11.6 Å². The smallest absolute Gasteiger partial charge is 0.312 e. The number of allylic oxidation sites excluding steroid dienone is 1. The topological polar surface area (TPSA) is 96.4 Å². The van der Waals surface area contributed by atoms with Gasteiger partial charge in [0.2, 0.25) is 5.91 Å². The number of benzene rings is 1. The number of hydrogen-bond acceptors (Lipinski definition) is 6. The molecule has 2 amide bonds. The third-order valence-corrected chi connectivity index (χ3v) is 8.13. The van der Waals surface area contributed by atoms with Gasteiger partial charge in [0.25, 0.3) is 5.91 Å². The number of unbranched alkanes of at least 4 members (excludes halogenated alkanes) is 3. The highest BCUT2D eigenvalue weighted by Crippen LogP contribution is 2.59. The van der Waals surface area contributed by atoms with Crippen LogP contribution in [0.2, 0.25) is 5.02 Å². The quantitative estimate of drug-likeness (QED) is 0.217. The maximum atomic E-state index is 14.3. The number of aliphatic hydroxyl groups is 1. The molecule has 3 heterocycles. The molecule has 0 saturated carbocycles. The van der Waals surface area contributed by atoms with Crippen LogP contribution in [0.5, 0.6) is 0 Å². The number of nitrogens with zero attached hydrogens (tertiary/aromatic N) is 2. The molecule has 3 aliphatic heterocycles. The standard InChI is InChI=1S/C29H37ClN2O6/c1-3-5-9-19-37-28(36)23-22-14-15-29(38-22)24(23)26(34)32(17-7-6-8-18-33)25(29)27(35)31(16-4-2)21-12-10-20(30)11-13-21/h3-4,10-13,22-25,33H,1-2,5-9,14-19H2/t22-,23+,24+,25?,29?/m1/s1. The van der Waals surface area contributed by atoms with Crippen molar-refractivity contribution in [2.45, 2.75) is 62.7 Å². The van der Waals surface area contributed by atoms with E-state index < -0.39 is 35.6 Å². The van der Waals surface area contributed by atoms with Crippen molar-refractivity contribution in [2.75, 3.05) is 31.2 Å². The highest BCUT2D eigenvalue weighted by Gasteiger charge is 2.75.